The largest absolute Gasteiger partial charge is 0.306 e. The van der Waals surface area contributed by atoms with Gasteiger partial charge in [-0.3, -0.25) is 0 Å². The molecule has 0 aliphatic heterocycles. The van der Waals surface area contributed by atoms with Gasteiger partial charge in [-0.1, -0.05) is 32.9 Å². The second kappa shape index (κ2) is 4.55. The first-order valence-electron chi connectivity index (χ1n) is 4.30. The summed E-state index contributed by atoms with van der Waals surface area (Å²) in [4.78, 5) is 2.17. The number of rotatable bonds is 4. The van der Waals surface area contributed by atoms with Crippen molar-refractivity contribution in [2.24, 2.45) is 5.41 Å². The van der Waals surface area contributed by atoms with E-state index in [0.29, 0.717) is 5.41 Å². The molecule has 0 aromatic heterocycles. The third kappa shape index (κ3) is 6.11. The van der Waals surface area contributed by atoms with Crippen molar-refractivity contribution in [3.05, 3.63) is 12.2 Å². The summed E-state index contributed by atoms with van der Waals surface area (Å²) in [5.74, 6) is 0. The van der Waals surface area contributed by atoms with Crippen molar-refractivity contribution in [1.82, 2.24) is 4.90 Å². The van der Waals surface area contributed by atoms with Gasteiger partial charge in [-0.2, -0.15) is 0 Å². The Kier molecular flexibility index (Phi) is 4.43. The molecule has 0 aliphatic rings. The van der Waals surface area contributed by atoms with Crippen LogP contribution in [0, 0.1) is 5.41 Å². The van der Waals surface area contributed by atoms with Gasteiger partial charge >= 0.3 is 0 Å². The molecule has 0 radical (unpaired) electrons. The molecule has 0 rings (SSSR count). The Labute approximate surface area is 71.1 Å². The number of likely N-dealkylation sites (N-methyl/N-ethyl adjacent to an activating group) is 1. The molecule has 0 aliphatic carbocycles. The smallest absolute Gasteiger partial charge is 0.0157 e. The maximum atomic E-state index is 2.30. The molecule has 0 N–H and O–H groups in total. The van der Waals surface area contributed by atoms with Crippen molar-refractivity contribution < 1.29 is 0 Å². The highest BCUT2D eigenvalue weighted by molar-refractivity contribution is 4.94. The van der Waals surface area contributed by atoms with Crippen molar-refractivity contribution in [2.45, 2.75) is 27.2 Å². The SMILES string of the molecule is CCC(C)(C)/C=C/CN(C)C. The van der Waals surface area contributed by atoms with Gasteiger partial charge in [0.2, 0.25) is 0 Å². The summed E-state index contributed by atoms with van der Waals surface area (Å²) in [6.45, 7) is 7.79. The summed E-state index contributed by atoms with van der Waals surface area (Å²) >= 11 is 0. The van der Waals surface area contributed by atoms with Crippen LogP contribution in [0.4, 0.5) is 0 Å². The molecule has 1 nitrogen and oxygen atoms in total. The third-order valence-electron chi connectivity index (χ3n) is 1.95. The zero-order chi connectivity index (χ0) is 8.91. The molecule has 0 saturated heterocycles. The summed E-state index contributed by atoms with van der Waals surface area (Å²) in [7, 11) is 4.17. The van der Waals surface area contributed by atoms with Gasteiger partial charge in [0.15, 0.2) is 0 Å². The average molecular weight is 155 g/mol. The van der Waals surface area contributed by atoms with Crippen LogP contribution < -0.4 is 0 Å². The van der Waals surface area contributed by atoms with E-state index in [1.807, 2.05) is 0 Å². The fourth-order valence-electron chi connectivity index (χ4n) is 0.700. The molecule has 66 valence electrons. The first kappa shape index (κ1) is 10.7. The van der Waals surface area contributed by atoms with Crippen LogP contribution in [-0.4, -0.2) is 25.5 Å². The predicted octanol–water partition coefficient (Wildman–Crippen LogP) is 2.54. The van der Waals surface area contributed by atoms with Crippen molar-refractivity contribution in [2.75, 3.05) is 20.6 Å². The van der Waals surface area contributed by atoms with E-state index >= 15 is 0 Å². The molecule has 0 amide bonds. The first-order valence-corrected chi connectivity index (χ1v) is 4.30. The molecule has 0 saturated carbocycles. The highest BCUT2D eigenvalue weighted by Gasteiger charge is 2.08. The molecular formula is C10H21N. The Bertz CT molecular complexity index is 123. The van der Waals surface area contributed by atoms with Crippen molar-refractivity contribution in [3.63, 3.8) is 0 Å². The predicted molar refractivity (Wildman–Crippen MR) is 51.8 cm³/mol. The fraction of sp³-hybridized carbons (Fsp3) is 0.800. The van der Waals surface area contributed by atoms with Crippen molar-refractivity contribution in [3.8, 4) is 0 Å². The van der Waals surface area contributed by atoms with Gasteiger partial charge in [-0.15, -0.1) is 0 Å². The lowest BCUT2D eigenvalue weighted by molar-refractivity contribution is 0.438. The van der Waals surface area contributed by atoms with Crippen molar-refractivity contribution in [1.29, 1.82) is 0 Å². The highest BCUT2D eigenvalue weighted by atomic mass is 15.0. The Balaban J connectivity index is 3.73. The van der Waals surface area contributed by atoms with E-state index in [1.54, 1.807) is 0 Å². The van der Waals surface area contributed by atoms with Gasteiger partial charge in [0.1, 0.15) is 0 Å². The van der Waals surface area contributed by atoms with E-state index in [4.69, 9.17) is 0 Å². The maximum Gasteiger partial charge on any atom is 0.0157 e. The normalized spacial score (nSPS) is 13.3. The van der Waals surface area contributed by atoms with Gasteiger partial charge in [-0.05, 0) is 25.9 Å². The van der Waals surface area contributed by atoms with Crippen LogP contribution in [0.15, 0.2) is 12.2 Å². The average Bonchev–Trinajstić information content (AvgIpc) is 1.87. The molecule has 0 fully saturated rings. The highest BCUT2D eigenvalue weighted by Crippen LogP contribution is 2.20. The Morgan fingerprint density at radius 2 is 1.82 bits per heavy atom. The number of nitrogens with zero attached hydrogens (tertiary/aromatic N) is 1. The van der Waals surface area contributed by atoms with Gasteiger partial charge < -0.3 is 4.90 Å². The summed E-state index contributed by atoms with van der Waals surface area (Å²) in [5, 5.41) is 0. The summed E-state index contributed by atoms with van der Waals surface area (Å²) in [5.41, 5.74) is 0.371. The van der Waals surface area contributed by atoms with Crippen LogP contribution in [0.5, 0.6) is 0 Å². The second-order valence-corrected chi connectivity index (χ2v) is 4.01. The van der Waals surface area contributed by atoms with E-state index in [0.717, 1.165) is 6.54 Å². The fourth-order valence-corrected chi connectivity index (χ4v) is 0.700. The molecule has 11 heavy (non-hydrogen) atoms. The van der Waals surface area contributed by atoms with Crippen molar-refractivity contribution >= 4 is 0 Å². The molecule has 0 unspecified atom stereocenters. The summed E-state index contributed by atoms with van der Waals surface area (Å²) < 4.78 is 0. The lowest BCUT2D eigenvalue weighted by atomic mass is 9.90. The van der Waals surface area contributed by atoms with Crippen LogP contribution in [0.1, 0.15) is 27.2 Å². The van der Waals surface area contributed by atoms with Gasteiger partial charge in [0, 0.05) is 6.54 Å². The maximum absolute atomic E-state index is 2.30. The Morgan fingerprint density at radius 1 is 1.27 bits per heavy atom. The quantitative estimate of drug-likeness (QED) is 0.564. The lowest BCUT2D eigenvalue weighted by Gasteiger charge is -2.17. The topological polar surface area (TPSA) is 3.24 Å². The first-order chi connectivity index (χ1) is 4.98. The Hall–Kier alpha value is -0.300. The number of hydrogen-bond donors (Lipinski definition) is 0. The second-order valence-electron chi connectivity index (χ2n) is 4.01. The molecule has 0 spiro atoms. The summed E-state index contributed by atoms with van der Waals surface area (Å²) in [6, 6.07) is 0. The Morgan fingerprint density at radius 3 is 2.18 bits per heavy atom. The zero-order valence-electron chi connectivity index (χ0n) is 8.52. The third-order valence-corrected chi connectivity index (χ3v) is 1.95. The van der Waals surface area contributed by atoms with Crippen LogP contribution in [0.3, 0.4) is 0 Å². The van der Waals surface area contributed by atoms with Crippen LogP contribution >= 0.6 is 0 Å². The van der Waals surface area contributed by atoms with E-state index in [2.05, 4.69) is 51.9 Å². The minimum atomic E-state index is 0.371. The molecule has 0 heterocycles. The molecule has 0 aromatic rings. The summed E-state index contributed by atoms with van der Waals surface area (Å²) in [6.07, 6.45) is 5.74. The monoisotopic (exact) mass is 155 g/mol. The molecule has 0 aromatic carbocycles. The van der Waals surface area contributed by atoms with Gasteiger partial charge in [-0.25, -0.2) is 0 Å². The van der Waals surface area contributed by atoms with E-state index < -0.39 is 0 Å². The molecule has 0 bridgehead atoms. The minimum absolute atomic E-state index is 0.371. The molecule has 1 heteroatoms. The minimum Gasteiger partial charge on any atom is -0.306 e. The van der Waals surface area contributed by atoms with Crippen LogP contribution in [-0.2, 0) is 0 Å². The number of allylic oxidation sites excluding steroid dienone is 1. The standard InChI is InChI=1S/C10H21N/c1-6-10(2,3)8-7-9-11(4)5/h7-8H,6,9H2,1-5H3/b8-7+. The number of hydrogen-bond acceptors (Lipinski definition) is 1. The molecule has 0 atom stereocenters. The van der Waals surface area contributed by atoms with E-state index in [9.17, 15) is 0 Å². The van der Waals surface area contributed by atoms with E-state index in [-0.39, 0.29) is 0 Å². The van der Waals surface area contributed by atoms with Gasteiger partial charge in [0.25, 0.3) is 0 Å². The van der Waals surface area contributed by atoms with Gasteiger partial charge in [0.05, 0.1) is 0 Å². The lowest BCUT2D eigenvalue weighted by Crippen LogP contribution is -2.12. The van der Waals surface area contributed by atoms with Crippen LogP contribution in [0.25, 0.3) is 0 Å². The zero-order valence-corrected chi connectivity index (χ0v) is 8.52. The van der Waals surface area contributed by atoms with E-state index in [1.165, 1.54) is 6.42 Å². The van der Waals surface area contributed by atoms with Crippen LogP contribution in [0.2, 0.25) is 0 Å². The molecular weight excluding hydrogens is 134 g/mol.